The number of nitro benzene ring substituents is 1. The molecule has 1 N–H and O–H groups in total. The molecule has 0 saturated carbocycles. The van der Waals surface area contributed by atoms with Crippen LogP contribution in [0.15, 0.2) is 42.5 Å². The molecule has 0 aliphatic rings. The minimum atomic E-state index is -4.02. The van der Waals surface area contributed by atoms with E-state index >= 15 is 0 Å². The average Bonchev–Trinajstić information content (AvgIpc) is 2.81. The first-order valence-corrected chi connectivity index (χ1v) is 13.7. The van der Waals surface area contributed by atoms with Crippen LogP contribution in [0.4, 0.5) is 11.4 Å². The van der Waals surface area contributed by atoms with Crippen molar-refractivity contribution in [3.63, 3.8) is 0 Å². The molecular weight excluding hydrogens is 531 g/mol. The number of non-ortho nitro benzene ring substituents is 1. The van der Waals surface area contributed by atoms with E-state index in [9.17, 15) is 28.1 Å². The van der Waals surface area contributed by atoms with Crippen LogP contribution in [0.25, 0.3) is 0 Å². The topological polar surface area (TPSA) is 130 Å². The van der Waals surface area contributed by atoms with Gasteiger partial charge in [0, 0.05) is 35.3 Å². The molecule has 1 atom stereocenters. The molecule has 0 spiro atoms. The Balaban J connectivity index is 2.42. The Labute approximate surface area is 220 Å². The van der Waals surface area contributed by atoms with Gasteiger partial charge in [0.25, 0.3) is 5.69 Å². The summed E-state index contributed by atoms with van der Waals surface area (Å²) in [5.74, 6) is -1.11. The summed E-state index contributed by atoms with van der Waals surface area (Å²) in [5, 5.41) is 14.6. The summed E-state index contributed by atoms with van der Waals surface area (Å²) in [6.07, 6.45) is 2.51. The highest BCUT2D eigenvalue weighted by Gasteiger charge is 2.30. The van der Waals surface area contributed by atoms with Crippen molar-refractivity contribution >= 4 is 56.4 Å². The average molecular weight is 559 g/mol. The summed E-state index contributed by atoms with van der Waals surface area (Å²) in [6.45, 7) is 3.15. The minimum Gasteiger partial charge on any atom is -0.354 e. The Hall–Kier alpha value is -2.89. The van der Waals surface area contributed by atoms with Gasteiger partial charge in [0.1, 0.15) is 12.6 Å². The number of nitrogens with one attached hydrogen (secondary N) is 1. The van der Waals surface area contributed by atoms with Crippen molar-refractivity contribution in [1.29, 1.82) is 0 Å². The van der Waals surface area contributed by atoms with Crippen molar-refractivity contribution in [3.05, 3.63) is 68.2 Å². The summed E-state index contributed by atoms with van der Waals surface area (Å²) >= 11 is 12.3. The van der Waals surface area contributed by atoms with Gasteiger partial charge < -0.3 is 10.2 Å². The second kappa shape index (κ2) is 12.9. The maximum Gasteiger partial charge on any atom is 0.271 e. The SMILES string of the molecule is CCCCNC(=O)C(C)N(Cc1ccc(Cl)cc1Cl)C(=O)CN(c1cccc([N+](=O)[O-])c1)S(C)(=O)=O. The number of anilines is 1. The first-order valence-electron chi connectivity index (χ1n) is 11.1. The third-order valence-corrected chi connectivity index (χ3v) is 7.09. The maximum absolute atomic E-state index is 13.5. The van der Waals surface area contributed by atoms with E-state index in [2.05, 4.69) is 5.32 Å². The van der Waals surface area contributed by atoms with Gasteiger partial charge in [0.05, 0.1) is 16.9 Å². The molecular formula is C23H28Cl2N4O6S. The second-order valence-electron chi connectivity index (χ2n) is 8.12. The maximum atomic E-state index is 13.5. The number of benzene rings is 2. The predicted octanol–water partition coefficient (Wildman–Crippen LogP) is 4.00. The Morgan fingerprint density at radius 2 is 1.86 bits per heavy atom. The van der Waals surface area contributed by atoms with Crippen molar-refractivity contribution in [2.75, 3.05) is 23.7 Å². The fourth-order valence-electron chi connectivity index (χ4n) is 3.33. The van der Waals surface area contributed by atoms with E-state index in [1.54, 1.807) is 12.1 Å². The van der Waals surface area contributed by atoms with Crippen LogP contribution < -0.4 is 9.62 Å². The van der Waals surface area contributed by atoms with Crippen LogP contribution in [0.5, 0.6) is 0 Å². The number of carbonyl (C=O) groups is 2. The number of sulfonamides is 1. The molecule has 1 unspecified atom stereocenters. The molecule has 0 bridgehead atoms. The Morgan fingerprint density at radius 3 is 2.44 bits per heavy atom. The van der Waals surface area contributed by atoms with Crippen molar-refractivity contribution in [1.82, 2.24) is 10.2 Å². The number of hydrogen-bond donors (Lipinski definition) is 1. The first kappa shape index (κ1) is 29.3. The zero-order chi connectivity index (χ0) is 27.0. The van der Waals surface area contributed by atoms with Crippen LogP contribution in [0.2, 0.25) is 10.0 Å². The van der Waals surface area contributed by atoms with Crippen LogP contribution in [0.1, 0.15) is 32.3 Å². The number of hydrogen-bond acceptors (Lipinski definition) is 6. The van der Waals surface area contributed by atoms with E-state index < -0.39 is 39.3 Å². The van der Waals surface area contributed by atoms with E-state index in [-0.39, 0.29) is 22.9 Å². The van der Waals surface area contributed by atoms with Crippen molar-refractivity contribution in [3.8, 4) is 0 Å². The van der Waals surface area contributed by atoms with Gasteiger partial charge in [-0.1, -0.05) is 48.7 Å². The molecule has 2 amide bonds. The Morgan fingerprint density at radius 1 is 1.17 bits per heavy atom. The number of nitrogens with zero attached hydrogens (tertiary/aromatic N) is 3. The number of halogens is 2. The molecule has 0 aliphatic carbocycles. The van der Waals surface area contributed by atoms with Crippen molar-refractivity contribution in [2.45, 2.75) is 39.3 Å². The van der Waals surface area contributed by atoms with Crippen LogP contribution in [-0.2, 0) is 26.2 Å². The lowest BCUT2D eigenvalue weighted by atomic mass is 10.1. The third-order valence-electron chi connectivity index (χ3n) is 5.36. The van der Waals surface area contributed by atoms with Gasteiger partial charge >= 0.3 is 0 Å². The fraction of sp³-hybridized carbons (Fsp3) is 0.391. The van der Waals surface area contributed by atoms with E-state index in [1.807, 2.05) is 6.92 Å². The fourth-order valence-corrected chi connectivity index (χ4v) is 4.64. The van der Waals surface area contributed by atoms with Crippen LogP contribution in [0, 0.1) is 10.1 Å². The summed E-state index contributed by atoms with van der Waals surface area (Å²) in [7, 11) is -4.02. The van der Waals surface area contributed by atoms with Gasteiger partial charge in [-0.2, -0.15) is 0 Å². The lowest BCUT2D eigenvalue weighted by molar-refractivity contribution is -0.384. The quantitative estimate of drug-likeness (QED) is 0.238. The van der Waals surface area contributed by atoms with E-state index in [1.165, 1.54) is 36.1 Å². The highest BCUT2D eigenvalue weighted by atomic mass is 35.5. The lowest BCUT2D eigenvalue weighted by Gasteiger charge is -2.31. The molecule has 2 rings (SSSR count). The molecule has 10 nitrogen and oxygen atoms in total. The number of unbranched alkanes of at least 4 members (excludes halogenated alkanes) is 1. The van der Waals surface area contributed by atoms with Gasteiger partial charge in [-0.25, -0.2) is 8.42 Å². The summed E-state index contributed by atoms with van der Waals surface area (Å²) in [6, 6.07) is 8.68. The molecule has 0 fully saturated rings. The van der Waals surface area contributed by atoms with Crippen molar-refractivity contribution < 1.29 is 22.9 Å². The second-order valence-corrected chi connectivity index (χ2v) is 10.9. The van der Waals surface area contributed by atoms with Gasteiger partial charge in [0.2, 0.25) is 21.8 Å². The monoisotopic (exact) mass is 558 g/mol. The molecule has 13 heteroatoms. The van der Waals surface area contributed by atoms with E-state index in [4.69, 9.17) is 23.2 Å². The molecule has 0 aromatic heterocycles. The number of carbonyl (C=O) groups excluding carboxylic acids is 2. The molecule has 2 aromatic carbocycles. The molecule has 0 heterocycles. The normalized spacial score (nSPS) is 12.0. The minimum absolute atomic E-state index is 0.0513. The van der Waals surface area contributed by atoms with Gasteiger partial charge in [0.15, 0.2) is 0 Å². The highest BCUT2D eigenvalue weighted by Crippen LogP contribution is 2.26. The van der Waals surface area contributed by atoms with Crippen LogP contribution in [-0.4, -0.2) is 55.4 Å². The van der Waals surface area contributed by atoms with Crippen molar-refractivity contribution in [2.24, 2.45) is 0 Å². The summed E-state index contributed by atoms with van der Waals surface area (Å²) in [4.78, 5) is 38.0. The molecule has 36 heavy (non-hydrogen) atoms. The molecule has 0 radical (unpaired) electrons. The van der Waals surface area contributed by atoms with E-state index in [0.29, 0.717) is 17.1 Å². The number of nitro groups is 1. The van der Waals surface area contributed by atoms with Gasteiger partial charge in [-0.3, -0.25) is 24.0 Å². The van der Waals surface area contributed by atoms with Gasteiger partial charge in [-0.15, -0.1) is 0 Å². The smallest absolute Gasteiger partial charge is 0.271 e. The zero-order valence-corrected chi connectivity index (χ0v) is 22.4. The zero-order valence-electron chi connectivity index (χ0n) is 20.1. The Bertz CT molecular complexity index is 1220. The number of rotatable bonds is 12. The van der Waals surface area contributed by atoms with Crippen LogP contribution >= 0.6 is 23.2 Å². The highest BCUT2D eigenvalue weighted by molar-refractivity contribution is 7.92. The summed E-state index contributed by atoms with van der Waals surface area (Å²) in [5.41, 5.74) is 0.121. The number of amides is 2. The van der Waals surface area contributed by atoms with E-state index in [0.717, 1.165) is 29.5 Å². The Kier molecular flexibility index (Phi) is 10.5. The molecule has 0 saturated heterocycles. The molecule has 2 aromatic rings. The standard InChI is InChI=1S/C23H28Cl2N4O6S/c1-4-5-11-26-23(31)16(2)27(14-17-9-10-18(24)12-21(17)25)22(30)15-28(36(3,34)35)19-7-6-8-20(13-19)29(32)33/h6-10,12-13,16H,4-5,11,14-15H2,1-3H3,(H,26,31). The predicted molar refractivity (Wildman–Crippen MR) is 140 cm³/mol. The largest absolute Gasteiger partial charge is 0.354 e. The molecule has 0 aliphatic heterocycles. The van der Waals surface area contributed by atoms with Crippen LogP contribution in [0.3, 0.4) is 0 Å². The first-order chi connectivity index (χ1) is 16.8. The molecule has 196 valence electrons. The summed E-state index contributed by atoms with van der Waals surface area (Å²) < 4.78 is 25.9. The lowest BCUT2D eigenvalue weighted by Crippen LogP contribution is -2.51. The third kappa shape index (κ3) is 8.07. The van der Waals surface area contributed by atoms with Gasteiger partial charge in [-0.05, 0) is 37.1 Å².